The maximum atomic E-state index is 11.5. The Kier molecular flexibility index (Phi) is 6.71. The average molecular weight is 572 g/mol. The van der Waals surface area contributed by atoms with Gasteiger partial charge in [-0.2, -0.15) is 0 Å². The summed E-state index contributed by atoms with van der Waals surface area (Å²) in [6, 6.07) is 14.3. The van der Waals surface area contributed by atoms with E-state index in [1.807, 2.05) is 0 Å². The Bertz CT molecular complexity index is 1310. The van der Waals surface area contributed by atoms with Gasteiger partial charge in [0, 0.05) is 0 Å². The van der Waals surface area contributed by atoms with Gasteiger partial charge < -0.3 is 0 Å². The molecule has 6 nitrogen and oxygen atoms in total. The second kappa shape index (κ2) is 10.0. The Morgan fingerprint density at radius 1 is 0.868 bits per heavy atom. The molecule has 0 spiro atoms. The number of carboxylic acids is 1. The van der Waals surface area contributed by atoms with Gasteiger partial charge in [0.05, 0.1) is 0 Å². The first kappa shape index (κ1) is 25.4. The van der Waals surface area contributed by atoms with E-state index in [1.165, 1.54) is 49.7 Å². The number of unbranched alkanes of at least 4 members (excludes halogenated alkanes) is 1. The van der Waals surface area contributed by atoms with E-state index in [2.05, 4.69) is 86.2 Å². The third-order valence-corrected chi connectivity index (χ3v) is 16.2. The third-order valence-electron chi connectivity index (χ3n) is 8.84. The van der Waals surface area contributed by atoms with E-state index in [0.717, 1.165) is 51.4 Å². The normalized spacial score (nSPS) is 19.3. The van der Waals surface area contributed by atoms with E-state index in [9.17, 15) is 9.90 Å². The minimum absolute atomic E-state index is 0.00749. The van der Waals surface area contributed by atoms with Gasteiger partial charge in [-0.05, 0) is 0 Å². The Morgan fingerprint density at radius 3 is 1.84 bits per heavy atom. The Labute approximate surface area is 228 Å². The molecule has 0 N–H and O–H groups in total. The van der Waals surface area contributed by atoms with Crippen molar-refractivity contribution in [3.8, 4) is 0 Å². The van der Waals surface area contributed by atoms with Crippen molar-refractivity contribution in [3.05, 3.63) is 53.3 Å². The molecule has 7 heteroatoms. The van der Waals surface area contributed by atoms with E-state index >= 15 is 0 Å². The van der Waals surface area contributed by atoms with Gasteiger partial charge in [-0.1, -0.05) is 0 Å². The molecule has 4 aliphatic heterocycles. The van der Waals surface area contributed by atoms with Crippen molar-refractivity contribution in [2.75, 3.05) is 49.1 Å². The number of carboxylic acid groups (broad SMARTS) is 1. The topological polar surface area (TPSA) is 52.6 Å². The first-order chi connectivity index (χ1) is 18.4. The molecule has 2 fully saturated rings. The van der Waals surface area contributed by atoms with Crippen LogP contribution >= 0.6 is 0 Å². The molecular weight excluding hydrogens is 533 g/mol. The summed E-state index contributed by atoms with van der Waals surface area (Å²) in [6.45, 7) is 8.11. The van der Waals surface area contributed by atoms with Crippen LogP contribution in [0.5, 0.6) is 0 Å². The first-order valence-electron chi connectivity index (χ1n) is 14.3. The second-order valence-corrected chi connectivity index (χ2v) is 20.7. The summed E-state index contributed by atoms with van der Waals surface area (Å²) in [6.07, 6.45) is 8.93. The van der Waals surface area contributed by atoms with E-state index in [0.29, 0.717) is 6.54 Å². The number of rotatable bonds is 8. The zero-order valence-electron chi connectivity index (χ0n) is 23.0. The van der Waals surface area contributed by atoms with E-state index < -0.39 is 19.2 Å². The fraction of sp³-hybridized carbons (Fsp3) is 0.452. The molecular formula is C31H39GeN4O2+. The molecule has 0 atom stereocenters. The van der Waals surface area contributed by atoms with Gasteiger partial charge in [0.15, 0.2) is 0 Å². The zero-order valence-corrected chi connectivity index (χ0v) is 25.1. The SMILES string of the molecule is CCCC[N+]1=CC=[N+](CCC(=O)[O-])C1=C1c2ccc(N3CCC3)c[c]2[Ge]([CH3])([CH3])[c]2cc(N3CCC3)ccc21. The first-order valence-corrected chi connectivity index (χ1v) is 20.6. The van der Waals surface area contributed by atoms with Crippen molar-refractivity contribution in [2.24, 2.45) is 0 Å². The Hall–Kier alpha value is -2.87. The fourth-order valence-corrected chi connectivity index (χ4v) is 12.7. The van der Waals surface area contributed by atoms with Gasteiger partial charge in [0.2, 0.25) is 0 Å². The fourth-order valence-electron chi connectivity index (χ4n) is 6.26. The minimum atomic E-state index is -2.66. The molecule has 4 aliphatic rings. The summed E-state index contributed by atoms with van der Waals surface area (Å²) >= 11 is -2.66. The molecule has 0 radical (unpaired) electrons. The van der Waals surface area contributed by atoms with E-state index in [1.54, 1.807) is 0 Å². The van der Waals surface area contributed by atoms with Crippen molar-refractivity contribution in [1.82, 2.24) is 0 Å². The monoisotopic (exact) mass is 573 g/mol. The van der Waals surface area contributed by atoms with Gasteiger partial charge in [-0.25, -0.2) is 0 Å². The predicted octanol–water partition coefficient (Wildman–Crippen LogP) is 2.08. The molecule has 0 bridgehead atoms. The maximum absolute atomic E-state index is 11.5. The second-order valence-electron chi connectivity index (χ2n) is 11.6. The summed E-state index contributed by atoms with van der Waals surface area (Å²) < 4.78 is 7.56. The van der Waals surface area contributed by atoms with Crippen LogP contribution in [0.4, 0.5) is 11.4 Å². The molecule has 0 unspecified atom stereocenters. The number of nitrogens with zero attached hydrogens (tertiary/aromatic N) is 4. The van der Waals surface area contributed by atoms with Crippen molar-refractivity contribution in [3.63, 3.8) is 0 Å². The number of hydrogen-bond acceptors (Lipinski definition) is 4. The number of hydrogen-bond donors (Lipinski definition) is 0. The van der Waals surface area contributed by atoms with Crippen LogP contribution in [-0.2, 0) is 4.79 Å². The molecule has 2 aromatic rings. The number of carbonyl (C=O) groups excluding carboxylic acids is 1. The molecule has 0 saturated carbocycles. The number of carbonyl (C=O) groups is 1. The van der Waals surface area contributed by atoms with Crippen LogP contribution in [-0.4, -0.2) is 80.1 Å². The van der Waals surface area contributed by atoms with Gasteiger partial charge in [0.25, 0.3) is 0 Å². The van der Waals surface area contributed by atoms with Crippen LogP contribution in [0.15, 0.2) is 42.2 Å². The molecule has 2 saturated heterocycles. The van der Waals surface area contributed by atoms with Crippen LogP contribution < -0.4 is 23.7 Å². The molecule has 198 valence electrons. The summed E-state index contributed by atoms with van der Waals surface area (Å²) in [5.74, 6) is 5.21. The molecule has 0 aromatic heterocycles. The van der Waals surface area contributed by atoms with Crippen LogP contribution in [0, 0.1) is 0 Å². The number of aliphatic carboxylic acids is 1. The molecule has 0 amide bonds. The van der Waals surface area contributed by atoms with E-state index in [-0.39, 0.29) is 6.42 Å². The summed E-state index contributed by atoms with van der Waals surface area (Å²) in [7, 11) is 0. The van der Waals surface area contributed by atoms with Crippen LogP contribution in [0.2, 0.25) is 11.5 Å². The Balaban J connectivity index is 1.58. The van der Waals surface area contributed by atoms with Gasteiger partial charge in [-0.3, -0.25) is 0 Å². The van der Waals surface area contributed by atoms with Crippen molar-refractivity contribution < 1.29 is 19.1 Å². The van der Waals surface area contributed by atoms with Gasteiger partial charge >= 0.3 is 229 Å². The molecule has 0 aliphatic carbocycles. The number of benzene rings is 2. The standard InChI is InChI=1S/C31H39GeN4O2/c1-4-5-13-35-19-20-36(18-12-29(37)38)31(35)30-25-10-8-23(33-14-6-15-33)21-27(25)32(2,3)28-22-24(9-11-26(28)30)34-16-7-17-34/h8-11,19-22H,4-7,12-18H2,1-3H3/q+1. The summed E-state index contributed by atoms with van der Waals surface area (Å²) in [5.41, 5.74) is 6.62. The predicted molar refractivity (Wildman–Crippen MR) is 156 cm³/mol. The number of anilines is 2. The van der Waals surface area contributed by atoms with Crippen LogP contribution in [0.1, 0.15) is 50.2 Å². The number of fused-ring (bicyclic) bond motifs is 2. The molecule has 2 aromatic carbocycles. The van der Waals surface area contributed by atoms with Gasteiger partial charge in [-0.15, -0.1) is 0 Å². The average Bonchev–Trinajstić information content (AvgIpc) is 3.22. The quantitative estimate of drug-likeness (QED) is 0.360. The summed E-state index contributed by atoms with van der Waals surface area (Å²) in [4.78, 5) is 16.4. The summed E-state index contributed by atoms with van der Waals surface area (Å²) in [5, 5.41) is 11.5. The van der Waals surface area contributed by atoms with Crippen molar-refractivity contribution >= 4 is 57.4 Å². The van der Waals surface area contributed by atoms with Crippen molar-refractivity contribution in [2.45, 2.75) is 50.5 Å². The van der Waals surface area contributed by atoms with E-state index in [4.69, 9.17) is 0 Å². The molecule has 4 heterocycles. The van der Waals surface area contributed by atoms with Crippen molar-refractivity contribution in [1.29, 1.82) is 0 Å². The molecule has 38 heavy (non-hydrogen) atoms. The van der Waals surface area contributed by atoms with Crippen LogP contribution in [0.25, 0.3) is 5.57 Å². The molecule has 6 rings (SSSR count). The third kappa shape index (κ3) is 4.31. The zero-order chi connectivity index (χ0) is 26.4. The van der Waals surface area contributed by atoms with Crippen LogP contribution in [0.3, 0.4) is 0 Å². The van der Waals surface area contributed by atoms with Gasteiger partial charge in [0.1, 0.15) is 0 Å². The Morgan fingerprint density at radius 2 is 1.39 bits per heavy atom.